The molecule has 2 aromatic carbocycles. The van der Waals surface area contributed by atoms with E-state index in [1.807, 2.05) is 18.2 Å². The lowest BCUT2D eigenvalue weighted by molar-refractivity contribution is 0.103. The first-order valence-corrected chi connectivity index (χ1v) is 7.99. The lowest BCUT2D eigenvalue weighted by Crippen LogP contribution is -2.03. The average molecular weight is 390 g/mol. The van der Waals surface area contributed by atoms with Crippen molar-refractivity contribution < 1.29 is 19.0 Å². The molecule has 124 valence electrons. The smallest absolute Gasteiger partial charge is 0.203 e. The van der Waals surface area contributed by atoms with Gasteiger partial charge in [-0.2, -0.15) is 0 Å². The Morgan fingerprint density at radius 3 is 2.25 bits per heavy atom. The van der Waals surface area contributed by atoms with Crippen LogP contribution in [0.2, 0.25) is 0 Å². The quantitative estimate of drug-likeness (QED) is 0.664. The number of H-pyrrole nitrogens is 1. The van der Waals surface area contributed by atoms with Gasteiger partial charge in [0.05, 0.1) is 21.3 Å². The second-order valence-corrected chi connectivity index (χ2v) is 6.05. The van der Waals surface area contributed by atoms with Gasteiger partial charge in [-0.1, -0.05) is 15.9 Å². The minimum atomic E-state index is -0.126. The van der Waals surface area contributed by atoms with E-state index >= 15 is 0 Å². The summed E-state index contributed by atoms with van der Waals surface area (Å²) >= 11 is 3.44. The topological polar surface area (TPSA) is 60.6 Å². The fourth-order valence-corrected chi connectivity index (χ4v) is 3.01. The molecule has 1 N–H and O–H groups in total. The highest BCUT2D eigenvalue weighted by Crippen LogP contribution is 2.39. The van der Waals surface area contributed by atoms with Crippen molar-refractivity contribution in [3.8, 4) is 17.2 Å². The van der Waals surface area contributed by atoms with Crippen molar-refractivity contribution in [1.82, 2.24) is 4.98 Å². The van der Waals surface area contributed by atoms with Crippen molar-refractivity contribution in [2.24, 2.45) is 0 Å². The summed E-state index contributed by atoms with van der Waals surface area (Å²) in [6.45, 7) is 0. The van der Waals surface area contributed by atoms with Crippen molar-refractivity contribution >= 4 is 32.6 Å². The van der Waals surface area contributed by atoms with Crippen molar-refractivity contribution in [3.05, 3.63) is 52.1 Å². The second kappa shape index (κ2) is 6.57. The SMILES string of the molecule is COc1cc(C(=O)c2c[nH]c3ccc(Br)cc23)cc(OC)c1OC. The minimum Gasteiger partial charge on any atom is -0.493 e. The molecular weight excluding hydrogens is 374 g/mol. The van der Waals surface area contributed by atoms with Crippen LogP contribution < -0.4 is 14.2 Å². The normalized spacial score (nSPS) is 10.7. The third-order valence-electron chi connectivity index (χ3n) is 3.82. The Hall–Kier alpha value is -2.47. The number of carbonyl (C=O) groups is 1. The van der Waals surface area contributed by atoms with E-state index in [2.05, 4.69) is 20.9 Å². The number of carbonyl (C=O) groups excluding carboxylic acids is 1. The Morgan fingerprint density at radius 1 is 1.00 bits per heavy atom. The molecule has 0 spiro atoms. The van der Waals surface area contributed by atoms with Crippen LogP contribution in [0.4, 0.5) is 0 Å². The van der Waals surface area contributed by atoms with Crippen LogP contribution in [0.25, 0.3) is 10.9 Å². The van der Waals surface area contributed by atoms with Crippen LogP contribution in [-0.2, 0) is 0 Å². The molecule has 3 aromatic rings. The number of hydrogen-bond acceptors (Lipinski definition) is 4. The fraction of sp³-hybridized carbons (Fsp3) is 0.167. The standard InChI is InChI=1S/C18H16BrNO4/c1-22-15-6-10(7-16(23-2)18(15)24-3)17(21)13-9-20-14-5-4-11(19)8-12(13)14/h4-9,20H,1-3H3. The predicted molar refractivity (Wildman–Crippen MR) is 95.5 cm³/mol. The Morgan fingerprint density at radius 2 is 1.67 bits per heavy atom. The van der Waals surface area contributed by atoms with Crippen LogP contribution in [0.5, 0.6) is 17.2 Å². The zero-order chi connectivity index (χ0) is 17.3. The summed E-state index contributed by atoms with van der Waals surface area (Å²) in [6, 6.07) is 9.07. The maximum absolute atomic E-state index is 13.0. The molecule has 0 radical (unpaired) electrons. The predicted octanol–water partition coefficient (Wildman–Crippen LogP) is 4.19. The Bertz CT molecular complexity index is 892. The number of nitrogens with one attached hydrogen (secondary N) is 1. The second-order valence-electron chi connectivity index (χ2n) is 5.14. The van der Waals surface area contributed by atoms with Crippen molar-refractivity contribution in [1.29, 1.82) is 0 Å². The van der Waals surface area contributed by atoms with E-state index in [1.54, 1.807) is 18.3 Å². The Balaban J connectivity index is 2.13. The summed E-state index contributed by atoms with van der Waals surface area (Å²) in [4.78, 5) is 16.1. The van der Waals surface area contributed by atoms with Gasteiger partial charge in [0.15, 0.2) is 17.3 Å². The first-order valence-electron chi connectivity index (χ1n) is 7.20. The molecule has 0 saturated carbocycles. The number of hydrogen-bond donors (Lipinski definition) is 1. The number of rotatable bonds is 5. The number of halogens is 1. The van der Waals surface area contributed by atoms with E-state index in [4.69, 9.17) is 14.2 Å². The molecule has 0 unspecified atom stereocenters. The summed E-state index contributed by atoms with van der Waals surface area (Å²) < 4.78 is 16.8. The molecule has 24 heavy (non-hydrogen) atoms. The van der Waals surface area contributed by atoms with Crippen LogP contribution in [0.3, 0.4) is 0 Å². The lowest BCUT2D eigenvalue weighted by atomic mass is 10.0. The number of fused-ring (bicyclic) bond motifs is 1. The van der Waals surface area contributed by atoms with Gasteiger partial charge >= 0.3 is 0 Å². The molecule has 6 heteroatoms. The van der Waals surface area contributed by atoms with Crippen molar-refractivity contribution in [3.63, 3.8) is 0 Å². The highest BCUT2D eigenvalue weighted by atomic mass is 79.9. The summed E-state index contributed by atoms with van der Waals surface area (Å²) in [7, 11) is 4.57. The van der Waals surface area contributed by atoms with Crippen molar-refractivity contribution in [2.75, 3.05) is 21.3 Å². The summed E-state index contributed by atoms with van der Waals surface area (Å²) in [5.41, 5.74) is 1.94. The molecule has 1 aromatic heterocycles. The fourth-order valence-electron chi connectivity index (χ4n) is 2.65. The number of aromatic amines is 1. The summed E-state index contributed by atoms with van der Waals surface area (Å²) in [5, 5.41) is 0.850. The van der Waals surface area contributed by atoms with E-state index < -0.39 is 0 Å². The van der Waals surface area contributed by atoms with E-state index in [1.165, 1.54) is 21.3 Å². The van der Waals surface area contributed by atoms with Crippen LogP contribution in [0.1, 0.15) is 15.9 Å². The van der Waals surface area contributed by atoms with Crippen molar-refractivity contribution in [2.45, 2.75) is 0 Å². The van der Waals surface area contributed by atoms with E-state index in [0.717, 1.165) is 15.4 Å². The number of methoxy groups -OCH3 is 3. The van der Waals surface area contributed by atoms with Gasteiger partial charge in [0.25, 0.3) is 0 Å². The van der Waals surface area contributed by atoms with Gasteiger partial charge in [-0.3, -0.25) is 4.79 Å². The molecule has 5 nitrogen and oxygen atoms in total. The van der Waals surface area contributed by atoms with E-state index in [0.29, 0.717) is 28.4 Å². The largest absolute Gasteiger partial charge is 0.493 e. The zero-order valence-electron chi connectivity index (χ0n) is 13.5. The zero-order valence-corrected chi connectivity index (χ0v) is 15.1. The highest BCUT2D eigenvalue weighted by Gasteiger charge is 2.20. The highest BCUT2D eigenvalue weighted by molar-refractivity contribution is 9.10. The first kappa shape index (κ1) is 16.4. The van der Waals surface area contributed by atoms with Crippen LogP contribution in [0, 0.1) is 0 Å². The van der Waals surface area contributed by atoms with Gasteiger partial charge in [-0.25, -0.2) is 0 Å². The van der Waals surface area contributed by atoms with Gasteiger partial charge < -0.3 is 19.2 Å². The van der Waals surface area contributed by atoms with Crippen LogP contribution in [-0.4, -0.2) is 32.1 Å². The van der Waals surface area contributed by atoms with E-state index in [-0.39, 0.29) is 5.78 Å². The Labute approximate surface area is 147 Å². The van der Waals surface area contributed by atoms with Crippen LogP contribution >= 0.6 is 15.9 Å². The van der Waals surface area contributed by atoms with Crippen LogP contribution in [0.15, 0.2) is 41.0 Å². The molecule has 0 aliphatic heterocycles. The maximum Gasteiger partial charge on any atom is 0.203 e. The lowest BCUT2D eigenvalue weighted by Gasteiger charge is -2.13. The molecular formula is C18H16BrNO4. The molecule has 0 fully saturated rings. The van der Waals surface area contributed by atoms with Gasteiger partial charge in [-0.05, 0) is 30.3 Å². The number of benzene rings is 2. The summed E-state index contributed by atoms with van der Waals surface area (Å²) in [5.74, 6) is 1.22. The molecule has 0 aliphatic carbocycles. The van der Waals surface area contributed by atoms with Gasteiger partial charge in [0.2, 0.25) is 5.75 Å². The third-order valence-corrected chi connectivity index (χ3v) is 4.31. The monoisotopic (exact) mass is 389 g/mol. The number of aromatic nitrogens is 1. The Kier molecular flexibility index (Phi) is 4.49. The van der Waals surface area contributed by atoms with Gasteiger partial charge in [0.1, 0.15) is 0 Å². The molecule has 0 amide bonds. The number of ether oxygens (including phenoxy) is 3. The molecule has 0 aliphatic rings. The maximum atomic E-state index is 13.0. The molecule has 1 heterocycles. The first-order chi connectivity index (χ1) is 11.6. The molecule has 0 saturated heterocycles. The molecule has 0 bridgehead atoms. The summed E-state index contributed by atoms with van der Waals surface area (Å²) in [6.07, 6.45) is 1.71. The average Bonchev–Trinajstić information content (AvgIpc) is 3.02. The number of ketones is 1. The van der Waals surface area contributed by atoms with Gasteiger partial charge in [-0.15, -0.1) is 0 Å². The molecule has 0 atom stereocenters. The molecule has 3 rings (SSSR count). The van der Waals surface area contributed by atoms with E-state index in [9.17, 15) is 4.79 Å². The van der Waals surface area contributed by atoms with Gasteiger partial charge in [0, 0.05) is 32.7 Å². The minimum absolute atomic E-state index is 0.126. The third kappa shape index (κ3) is 2.73.